The van der Waals surface area contributed by atoms with Gasteiger partial charge in [0.1, 0.15) is 28.6 Å². The van der Waals surface area contributed by atoms with Crippen LogP contribution in [0.25, 0.3) is 22.1 Å². The van der Waals surface area contributed by atoms with Crippen molar-refractivity contribution < 1.29 is 18.0 Å². The van der Waals surface area contributed by atoms with Crippen LogP contribution in [0.1, 0.15) is 46.5 Å². The fourth-order valence-corrected chi connectivity index (χ4v) is 6.32. The van der Waals surface area contributed by atoms with Crippen LogP contribution in [0.3, 0.4) is 0 Å². The Hall–Kier alpha value is -3.41. The molecule has 208 valence electrons. The SMILES string of the molecule is Cc1ccc(C(=O)N(CCN)[C@@H](c2nc3c(oc4ccc(F)cc43)c(=O)n2Cc2cc(Br)cs2)C(C)C)cc1F. The zero-order valence-electron chi connectivity index (χ0n) is 22.1. The predicted octanol–water partition coefficient (Wildman–Crippen LogP) is 6.40. The number of halogens is 3. The molecule has 0 unspecified atom stereocenters. The lowest BCUT2D eigenvalue weighted by atomic mass is 9.99. The number of nitrogens with two attached hydrogens (primary N) is 1. The maximum Gasteiger partial charge on any atom is 0.297 e. The van der Waals surface area contributed by atoms with E-state index in [0.717, 1.165) is 9.35 Å². The van der Waals surface area contributed by atoms with Crippen LogP contribution in [-0.2, 0) is 6.54 Å². The molecule has 0 bridgehead atoms. The van der Waals surface area contributed by atoms with Gasteiger partial charge in [-0.25, -0.2) is 13.8 Å². The minimum Gasteiger partial charge on any atom is -0.448 e. The number of furan rings is 1. The molecule has 11 heteroatoms. The molecule has 0 fully saturated rings. The average molecular weight is 630 g/mol. The Morgan fingerprint density at radius 1 is 1.20 bits per heavy atom. The second-order valence-corrected chi connectivity index (χ2v) is 11.9. The number of aromatic nitrogens is 2. The lowest BCUT2D eigenvalue weighted by Crippen LogP contribution is -2.43. The number of amides is 1. The van der Waals surface area contributed by atoms with Gasteiger partial charge in [-0.1, -0.05) is 19.9 Å². The van der Waals surface area contributed by atoms with Gasteiger partial charge in [-0.15, -0.1) is 11.3 Å². The molecule has 0 radical (unpaired) electrons. The number of hydrogen-bond acceptors (Lipinski definition) is 6. The molecule has 0 saturated heterocycles. The Labute approximate surface area is 241 Å². The van der Waals surface area contributed by atoms with Crippen LogP contribution >= 0.6 is 27.3 Å². The fraction of sp³-hybridized carbons (Fsp3) is 0.276. The van der Waals surface area contributed by atoms with Crippen LogP contribution in [-0.4, -0.2) is 33.4 Å². The molecule has 0 aliphatic carbocycles. The summed E-state index contributed by atoms with van der Waals surface area (Å²) in [6.07, 6.45) is 0. The summed E-state index contributed by atoms with van der Waals surface area (Å²) in [5.74, 6) is -1.35. The van der Waals surface area contributed by atoms with Crippen LogP contribution < -0.4 is 11.3 Å². The van der Waals surface area contributed by atoms with E-state index in [2.05, 4.69) is 15.9 Å². The van der Waals surface area contributed by atoms with Crippen molar-refractivity contribution in [1.29, 1.82) is 0 Å². The van der Waals surface area contributed by atoms with Gasteiger partial charge in [-0.2, -0.15) is 0 Å². The van der Waals surface area contributed by atoms with E-state index in [1.165, 1.54) is 45.1 Å². The first kappa shape index (κ1) is 28.1. The van der Waals surface area contributed by atoms with Gasteiger partial charge in [0.05, 0.1) is 12.6 Å². The first-order valence-electron chi connectivity index (χ1n) is 12.7. The molecule has 40 heavy (non-hydrogen) atoms. The summed E-state index contributed by atoms with van der Waals surface area (Å²) in [6, 6.07) is 9.50. The number of benzene rings is 2. The van der Waals surface area contributed by atoms with Gasteiger partial charge < -0.3 is 15.1 Å². The van der Waals surface area contributed by atoms with Gasteiger partial charge in [-0.3, -0.25) is 14.2 Å². The summed E-state index contributed by atoms with van der Waals surface area (Å²) in [6.45, 7) is 5.88. The van der Waals surface area contributed by atoms with E-state index < -0.39 is 29.1 Å². The van der Waals surface area contributed by atoms with Crippen LogP contribution in [0, 0.1) is 24.5 Å². The highest BCUT2D eigenvalue weighted by Crippen LogP contribution is 2.33. The van der Waals surface area contributed by atoms with Crippen molar-refractivity contribution in [1.82, 2.24) is 14.5 Å². The van der Waals surface area contributed by atoms with Gasteiger partial charge in [0, 0.05) is 38.8 Å². The van der Waals surface area contributed by atoms with Gasteiger partial charge in [0.15, 0.2) is 0 Å². The van der Waals surface area contributed by atoms with E-state index >= 15 is 0 Å². The van der Waals surface area contributed by atoms with Gasteiger partial charge in [-0.05, 0) is 70.7 Å². The summed E-state index contributed by atoms with van der Waals surface area (Å²) in [5.41, 5.74) is 6.63. The molecule has 0 aliphatic rings. The minimum atomic E-state index is -0.723. The van der Waals surface area contributed by atoms with Crippen molar-refractivity contribution >= 4 is 55.2 Å². The first-order valence-corrected chi connectivity index (χ1v) is 14.4. The van der Waals surface area contributed by atoms with Crippen LogP contribution in [0.15, 0.2) is 61.5 Å². The zero-order chi connectivity index (χ0) is 28.7. The molecule has 3 heterocycles. The van der Waals surface area contributed by atoms with E-state index in [-0.39, 0.29) is 42.2 Å². The summed E-state index contributed by atoms with van der Waals surface area (Å²) in [5, 5.41) is 2.27. The minimum absolute atomic E-state index is 0.000199. The lowest BCUT2D eigenvalue weighted by molar-refractivity contribution is 0.0612. The van der Waals surface area contributed by atoms with E-state index in [1.807, 2.05) is 25.3 Å². The summed E-state index contributed by atoms with van der Waals surface area (Å²) < 4.78 is 36.9. The molecule has 2 N–H and O–H groups in total. The van der Waals surface area contributed by atoms with Crippen molar-refractivity contribution in [3.05, 3.63) is 96.1 Å². The second-order valence-electron chi connectivity index (χ2n) is 9.95. The van der Waals surface area contributed by atoms with Crippen molar-refractivity contribution in [2.45, 2.75) is 33.4 Å². The molecule has 7 nitrogen and oxygen atoms in total. The molecular formula is C29H27BrF2N4O3S. The number of nitrogens with zero attached hydrogens (tertiary/aromatic N) is 3. The average Bonchev–Trinajstić information content (AvgIpc) is 3.49. The standard InChI is InChI=1S/C29H27BrF2N4O3S/c1-15(2)25(35(9-8-33)28(37)17-5-4-16(3)22(32)10-17)27-34-24-21-12-19(31)6-7-23(21)39-26(24)29(38)36(27)13-20-11-18(30)14-40-20/h4-7,10-12,14-15,25H,8-9,13,33H2,1-3H3/t25-/m1/s1. The quantitative estimate of drug-likeness (QED) is 0.215. The largest absolute Gasteiger partial charge is 0.448 e. The fourth-order valence-electron chi connectivity index (χ4n) is 4.88. The Bertz CT molecular complexity index is 1800. The summed E-state index contributed by atoms with van der Waals surface area (Å²) >= 11 is 4.92. The molecule has 5 rings (SSSR count). The number of hydrogen-bond donors (Lipinski definition) is 1. The Morgan fingerprint density at radius 3 is 2.62 bits per heavy atom. The maximum absolute atomic E-state index is 14.5. The summed E-state index contributed by atoms with van der Waals surface area (Å²) in [4.78, 5) is 35.2. The van der Waals surface area contributed by atoms with Crippen molar-refractivity contribution in [2.75, 3.05) is 13.1 Å². The normalized spacial score (nSPS) is 12.5. The number of carbonyl (C=O) groups is 1. The van der Waals surface area contributed by atoms with Gasteiger partial charge in [0.25, 0.3) is 11.5 Å². The third-order valence-electron chi connectivity index (χ3n) is 6.78. The number of thiophene rings is 1. The predicted molar refractivity (Wildman–Crippen MR) is 156 cm³/mol. The smallest absolute Gasteiger partial charge is 0.297 e. The van der Waals surface area contributed by atoms with Crippen molar-refractivity contribution in [2.24, 2.45) is 11.7 Å². The highest BCUT2D eigenvalue weighted by atomic mass is 79.9. The molecule has 0 aliphatic heterocycles. The van der Waals surface area contributed by atoms with Crippen LogP contribution in [0.4, 0.5) is 8.78 Å². The second kappa shape index (κ2) is 11.2. The first-order chi connectivity index (χ1) is 19.1. The van der Waals surface area contributed by atoms with Gasteiger partial charge in [0.2, 0.25) is 5.58 Å². The highest BCUT2D eigenvalue weighted by Gasteiger charge is 2.33. The third-order valence-corrected chi connectivity index (χ3v) is 8.47. The van der Waals surface area contributed by atoms with E-state index in [1.54, 1.807) is 19.1 Å². The highest BCUT2D eigenvalue weighted by molar-refractivity contribution is 9.10. The Balaban J connectivity index is 1.76. The van der Waals surface area contributed by atoms with Crippen LogP contribution in [0.2, 0.25) is 0 Å². The molecule has 0 saturated carbocycles. The van der Waals surface area contributed by atoms with Gasteiger partial charge >= 0.3 is 0 Å². The number of rotatable bonds is 8. The molecule has 5 aromatic rings. The Kier molecular flexibility index (Phi) is 7.89. The summed E-state index contributed by atoms with van der Waals surface area (Å²) in [7, 11) is 0. The molecular weight excluding hydrogens is 602 g/mol. The molecule has 0 spiro atoms. The lowest BCUT2D eigenvalue weighted by Gasteiger charge is -2.35. The number of carbonyl (C=O) groups excluding carboxylic acids is 1. The van der Waals surface area contributed by atoms with Crippen molar-refractivity contribution in [3.8, 4) is 0 Å². The monoisotopic (exact) mass is 628 g/mol. The van der Waals surface area contributed by atoms with E-state index in [9.17, 15) is 18.4 Å². The topological polar surface area (TPSA) is 94.4 Å². The number of aryl methyl sites for hydroxylation is 1. The Morgan fingerprint density at radius 2 is 1.98 bits per heavy atom. The van der Waals surface area contributed by atoms with Crippen LogP contribution in [0.5, 0.6) is 0 Å². The molecule has 3 aromatic heterocycles. The molecule has 1 amide bonds. The van der Waals surface area contributed by atoms with E-state index in [4.69, 9.17) is 15.1 Å². The number of fused-ring (bicyclic) bond motifs is 3. The molecule has 2 aromatic carbocycles. The zero-order valence-corrected chi connectivity index (χ0v) is 24.5. The molecule has 1 atom stereocenters. The third kappa shape index (κ3) is 5.21. The van der Waals surface area contributed by atoms with E-state index in [0.29, 0.717) is 22.4 Å². The van der Waals surface area contributed by atoms with Crippen molar-refractivity contribution in [3.63, 3.8) is 0 Å². The maximum atomic E-state index is 14.5.